The standard InChI is InChI=1S/C22H22F18O4/c1-9(2)11(7-15(23,24)17(27,28)19(31,32)21(35,36)37)43-13(41)5-6-14(42)44-12(10(3)4)8-16(25,26)18(29,30)20(33,34)22(38,39)40/h5-6,9-12H,7-8H2,1-4H3/b6-5+. The van der Waals surface area contributed by atoms with Gasteiger partial charge in [-0.3, -0.25) is 0 Å². The second-order valence-corrected chi connectivity index (χ2v) is 9.88. The number of ether oxygens (including phenoxy) is 2. The first-order valence-corrected chi connectivity index (χ1v) is 11.6. The van der Waals surface area contributed by atoms with Gasteiger partial charge in [-0.25, -0.2) is 9.59 Å². The van der Waals surface area contributed by atoms with Crippen LogP contribution in [0.1, 0.15) is 40.5 Å². The van der Waals surface area contributed by atoms with Crippen LogP contribution in [0.5, 0.6) is 0 Å². The number of alkyl halides is 18. The second kappa shape index (κ2) is 13.0. The number of rotatable bonds is 14. The Kier molecular flexibility index (Phi) is 12.3. The average molecular weight is 692 g/mol. The first-order chi connectivity index (χ1) is 19.1. The molecular weight excluding hydrogens is 670 g/mol. The van der Waals surface area contributed by atoms with Crippen LogP contribution in [0, 0.1) is 11.8 Å². The lowest BCUT2D eigenvalue weighted by Crippen LogP contribution is -2.61. The summed E-state index contributed by atoms with van der Waals surface area (Å²) in [5.41, 5.74) is 0. The number of esters is 2. The predicted molar refractivity (Wildman–Crippen MR) is 110 cm³/mol. The lowest BCUT2D eigenvalue weighted by Gasteiger charge is -2.35. The maximum absolute atomic E-state index is 13.9. The zero-order chi connectivity index (χ0) is 35.7. The van der Waals surface area contributed by atoms with Gasteiger partial charge in [0, 0.05) is 12.2 Å². The van der Waals surface area contributed by atoms with Crippen molar-refractivity contribution in [2.75, 3.05) is 0 Å². The van der Waals surface area contributed by atoms with Crippen molar-refractivity contribution < 1.29 is 98.1 Å². The number of carbonyl (C=O) groups is 2. The fraction of sp³-hybridized carbons (Fsp3) is 0.818. The van der Waals surface area contributed by atoms with Crippen LogP contribution in [0.2, 0.25) is 0 Å². The van der Waals surface area contributed by atoms with Crippen molar-refractivity contribution in [2.24, 2.45) is 11.8 Å². The molecule has 0 spiro atoms. The third-order valence-electron chi connectivity index (χ3n) is 5.71. The van der Waals surface area contributed by atoms with E-state index in [-0.39, 0.29) is 12.2 Å². The monoisotopic (exact) mass is 692 g/mol. The zero-order valence-corrected chi connectivity index (χ0v) is 22.3. The van der Waals surface area contributed by atoms with E-state index in [1.807, 2.05) is 0 Å². The lowest BCUT2D eigenvalue weighted by molar-refractivity contribution is -0.398. The third kappa shape index (κ3) is 8.57. The molecule has 4 nitrogen and oxygen atoms in total. The van der Waals surface area contributed by atoms with Crippen molar-refractivity contribution >= 4 is 11.9 Å². The summed E-state index contributed by atoms with van der Waals surface area (Å²) in [6.45, 7) is 3.38. The van der Waals surface area contributed by atoms with Crippen molar-refractivity contribution in [1.29, 1.82) is 0 Å². The predicted octanol–water partition coefficient (Wildman–Crippen LogP) is 8.39. The van der Waals surface area contributed by atoms with Crippen LogP contribution in [0.4, 0.5) is 79.0 Å². The molecule has 0 heterocycles. The van der Waals surface area contributed by atoms with Crippen LogP contribution in [-0.2, 0) is 19.1 Å². The topological polar surface area (TPSA) is 52.6 Å². The highest BCUT2D eigenvalue weighted by atomic mass is 19.4. The Bertz CT molecular complexity index is 947. The highest BCUT2D eigenvalue weighted by Crippen LogP contribution is 2.56. The summed E-state index contributed by atoms with van der Waals surface area (Å²) in [6.07, 6.45) is -24.9. The summed E-state index contributed by atoms with van der Waals surface area (Å²) < 4.78 is 244. The van der Waals surface area contributed by atoms with Crippen LogP contribution in [-0.4, -0.2) is 72.0 Å². The van der Waals surface area contributed by atoms with Gasteiger partial charge in [-0.15, -0.1) is 0 Å². The number of carbonyl (C=O) groups excluding carboxylic acids is 2. The second-order valence-electron chi connectivity index (χ2n) is 9.88. The molecular formula is C22H22F18O4. The van der Waals surface area contributed by atoms with Crippen molar-refractivity contribution in [3.8, 4) is 0 Å². The smallest absolute Gasteiger partial charge is 0.459 e. The van der Waals surface area contributed by atoms with Crippen molar-refractivity contribution in [3.05, 3.63) is 12.2 Å². The van der Waals surface area contributed by atoms with Crippen molar-refractivity contribution in [1.82, 2.24) is 0 Å². The van der Waals surface area contributed by atoms with Gasteiger partial charge in [0.1, 0.15) is 12.2 Å². The first kappa shape index (κ1) is 41.4. The molecule has 0 fully saturated rings. The normalized spacial score (nSPS) is 16.5. The van der Waals surface area contributed by atoms with E-state index in [0.29, 0.717) is 0 Å². The molecule has 0 saturated carbocycles. The molecule has 0 aromatic heterocycles. The third-order valence-corrected chi connectivity index (χ3v) is 5.71. The van der Waals surface area contributed by atoms with E-state index in [9.17, 15) is 88.6 Å². The van der Waals surface area contributed by atoms with Crippen LogP contribution in [0.3, 0.4) is 0 Å². The van der Waals surface area contributed by atoms with Gasteiger partial charge < -0.3 is 9.47 Å². The molecule has 0 aliphatic rings. The summed E-state index contributed by atoms with van der Waals surface area (Å²) in [4.78, 5) is 23.7. The van der Waals surface area contributed by atoms with Crippen LogP contribution in [0.15, 0.2) is 12.2 Å². The molecule has 0 aliphatic carbocycles. The number of hydrogen-bond donors (Lipinski definition) is 0. The van der Waals surface area contributed by atoms with Crippen molar-refractivity contribution in [2.45, 2.75) is 101 Å². The molecule has 0 aromatic carbocycles. The van der Waals surface area contributed by atoms with Gasteiger partial charge in [0.25, 0.3) is 0 Å². The van der Waals surface area contributed by atoms with E-state index in [2.05, 4.69) is 9.47 Å². The number of hydrogen-bond acceptors (Lipinski definition) is 4. The Balaban J connectivity index is 5.80. The fourth-order valence-electron chi connectivity index (χ4n) is 2.92. The molecule has 0 N–H and O–H groups in total. The molecule has 2 unspecified atom stereocenters. The highest BCUT2D eigenvalue weighted by Gasteiger charge is 2.82. The largest absolute Gasteiger partial charge is 0.460 e. The summed E-state index contributed by atoms with van der Waals surface area (Å²) in [7, 11) is 0. The Hall–Kier alpha value is -2.58. The minimum Gasteiger partial charge on any atom is -0.459 e. The van der Waals surface area contributed by atoms with E-state index in [1.54, 1.807) is 0 Å². The van der Waals surface area contributed by atoms with E-state index < -0.39 is 96.7 Å². The van der Waals surface area contributed by atoms with Gasteiger partial charge in [0.05, 0.1) is 12.8 Å². The Morgan fingerprint density at radius 1 is 0.477 bits per heavy atom. The highest BCUT2D eigenvalue weighted by molar-refractivity contribution is 5.91. The average Bonchev–Trinajstić information content (AvgIpc) is 2.79. The molecule has 44 heavy (non-hydrogen) atoms. The molecule has 260 valence electrons. The summed E-state index contributed by atoms with van der Waals surface area (Å²) in [5.74, 6) is -47.9. The molecule has 0 radical (unpaired) electrons. The Morgan fingerprint density at radius 3 is 0.886 bits per heavy atom. The molecule has 0 aliphatic heterocycles. The van der Waals surface area contributed by atoms with E-state index in [4.69, 9.17) is 0 Å². The molecule has 0 saturated heterocycles. The van der Waals surface area contributed by atoms with E-state index in [1.165, 1.54) is 0 Å². The molecule has 2 atom stereocenters. The first-order valence-electron chi connectivity index (χ1n) is 11.6. The lowest BCUT2D eigenvalue weighted by atomic mass is 9.93. The Labute approximate surface area is 235 Å². The minimum absolute atomic E-state index is 0.125. The molecule has 0 rings (SSSR count). The van der Waals surface area contributed by atoms with Gasteiger partial charge in [0.15, 0.2) is 0 Å². The van der Waals surface area contributed by atoms with Gasteiger partial charge in [0.2, 0.25) is 0 Å². The fourth-order valence-corrected chi connectivity index (χ4v) is 2.92. The Morgan fingerprint density at radius 2 is 0.705 bits per heavy atom. The summed E-state index contributed by atoms with van der Waals surface area (Å²) >= 11 is 0. The minimum atomic E-state index is -7.25. The SMILES string of the molecule is CC(C)C(CC(F)(F)C(F)(F)C(F)(F)C(F)(F)F)OC(=O)/C=C/C(=O)OC(CC(F)(F)C(F)(F)C(F)(F)C(F)(F)F)C(C)C. The van der Waals surface area contributed by atoms with Gasteiger partial charge in [-0.05, 0) is 11.8 Å². The molecule has 22 heteroatoms. The summed E-state index contributed by atoms with van der Waals surface area (Å²) in [6, 6.07) is 0. The van der Waals surface area contributed by atoms with Gasteiger partial charge in [-0.2, -0.15) is 79.0 Å². The van der Waals surface area contributed by atoms with Crippen LogP contribution < -0.4 is 0 Å². The maximum atomic E-state index is 13.9. The molecule has 0 amide bonds. The van der Waals surface area contributed by atoms with E-state index in [0.717, 1.165) is 27.7 Å². The van der Waals surface area contributed by atoms with E-state index >= 15 is 0 Å². The van der Waals surface area contributed by atoms with Crippen molar-refractivity contribution in [3.63, 3.8) is 0 Å². The molecule has 0 bridgehead atoms. The van der Waals surface area contributed by atoms with Crippen LogP contribution in [0.25, 0.3) is 0 Å². The van der Waals surface area contributed by atoms with Gasteiger partial charge in [-0.1, -0.05) is 27.7 Å². The quantitative estimate of drug-likeness (QED) is 0.104. The van der Waals surface area contributed by atoms with Gasteiger partial charge >= 0.3 is 59.8 Å². The zero-order valence-electron chi connectivity index (χ0n) is 22.3. The maximum Gasteiger partial charge on any atom is 0.460 e. The van der Waals surface area contributed by atoms with Crippen LogP contribution >= 0.6 is 0 Å². The number of halogens is 18. The summed E-state index contributed by atoms with van der Waals surface area (Å²) in [5, 5.41) is 0. The molecule has 0 aromatic rings.